The second-order valence-corrected chi connectivity index (χ2v) is 8.66. The standard InChI is InChI=1S/C20H23NO5S/c1-26-17-4-8-19(9-5-17)27(24,25)18-6-2-15(3-7-18)14-21-12-10-16(11-13-21)20(22)23/h2-9,16H,10-14H2,1H3,(H,22,23). The second kappa shape index (κ2) is 8.10. The Labute approximate surface area is 159 Å². The van der Waals surface area contributed by atoms with Gasteiger partial charge in [-0.1, -0.05) is 12.1 Å². The highest BCUT2D eigenvalue weighted by Gasteiger charge is 2.24. The average molecular weight is 389 g/mol. The fraction of sp³-hybridized carbons (Fsp3) is 0.350. The van der Waals surface area contributed by atoms with Gasteiger partial charge >= 0.3 is 5.97 Å². The molecule has 2 aromatic rings. The molecule has 2 aromatic carbocycles. The number of hydrogen-bond donors (Lipinski definition) is 1. The molecule has 0 atom stereocenters. The van der Waals surface area contributed by atoms with E-state index in [-0.39, 0.29) is 15.7 Å². The third kappa shape index (κ3) is 4.48. The number of carboxylic acid groups (broad SMARTS) is 1. The van der Waals surface area contributed by atoms with Crippen LogP contribution in [0.3, 0.4) is 0 Å². The SMILES string of the molecule is COc1ccc(S(=O)(=O)c2ccc(CN3CCC(C(=O)O)CC3)cc2)cc1. The molecule has 3 rings (SSSR count). The summed E-state index contributed by atoms with van der Waals surface area (Å²) in [6.07, 6.45) is 1.30. The van der Waals surface area contributed by atoms with Crippen LogP contribution in [0.15, 0.2) is 58.3 Å². The predicted molar refractivity (Wildman–Crippen MR) is 101 cm³/mol. The molecule has 1 fully saturated rings. The minimum atomic E-state index is -3.57. The lowest BCUT2D eigenvalue weighted by molar-refractivity contribution is -0.143. The molecule has 1 aliphatic rings. The molecule has 0 aromatic heterocycles. The van der Waals surface area contributed by atoms with Crippen molar-refractivity contribution in [2.45, 2.75) is 29.2 Å². The summed E-state index contributed by atoms with van der Waals surface area (Å²) in [7, 11) is -2.03. The Kier molecular flexibility index (Phi) is 5.82. The van der Waals surface area contributed by atoms with Crippen molar-refractivity contribution in [1.29, 1.82) is 0 Å². The molecule has 6 nitrogen and oxygen atoms in total. The summed E-state index contributed by atoms with van der Waals surface area (Å²) >= 11 is 0. The molecule has 0 bridgehead atoms. The maximum Gasteiger partial charge on any atom is 0.306 e. The van der Waals surface area contributed by atoms with E-state index >= 15 is 0 Å². The van der Waals surface area contributed by atoms with E-state index in [1.165, 1.54) is 19.2 Å². The number of aliphatic carboxylic acids is 1. The summed E-state index contributed by atoms with van der Waals surface area (Å²) in [6, 6.07) is 13.2. The van der Waals surface area contributed by atoms with Gasteiger partial charge in [0.2, 0.25) is 9.84 Å². The normalized spacial score (nSPS) is 16.2. The molecule has 7 heteroatoms. The van der Waals surface area contributed by atoms with Gasteiger partial charge in [0.25, 0.3) is 0 Å². The third-order valence-electron chi connectivity index (χ3n) is 4.95. The Hall–Kier alpha value is -2.38. The molecule has 0 radical (unpaired) electrons. The average Bonchev–Trinajstić information content (AvgIpc) is 2.69. The van der Waals surface area contributed by atoms with Gasteiger partial charge in [0, 0.05) is 6.54 Å². The topological polar surface area (TPSA) is 83.9 Å². The molecule has 0 saturated carbocycles. The van der Waals surface area contributed by atoms with Gasteiger partial charge in [-0.05, 0) is 67.9 Å². The third-order valence-corrected chi connectivity index (χ3v) is 6.73. The van der Waals surface area contributed by atoms with Crippen molar-refractivity contribution in [3.63, 3.8) is 0 Å². The number of benzene rings is 2. The lowest BCUT2D eigenvalue weighted by Gasteiger charge is -2.30. The molecule has 0 spiro atoms. The molecule has 0 unspecified atom stereocenters. The van der Waals surface area contributed by atoms with Crippen molar-refractivity contribution >= 4 is 15.8 Å². The van der Waals surface area contributed by atoms with Crippen LogP contribution in [-0.2, 0) is 21.2 Å². The minimum absolute atomic E-state index is 0.229. The van der Waals surface area contributed by atoms with E-state index in [2.05, 4.69) is 4.90 Å². The summed E-state index contributed by atoms with van der Waals surface area (Å²) in [6.45, 7) is 2.17. The Morgan fingerprint density at radius 3 is 2.04 bits per heavy atom. The lowest BCUT2D eigenvalue weighted by Crippen LogP contribution is -2.35. The van der Waals surface area contributed by atoms with Crippen LogP contribution in [0.1, 0.15) is 18.4 Å². The fourth-order valence-electron chi connectivity index (χ4n) is 3.26. The summed E-state index contributed by atoms with van der Waals surface area (Å²) in [5.74, 6) is -0.364. The van der Waals surface area contributed by atoms with Crippen LogP contribution in [0.5, 0.6) is 5.75 Å². The van der Waals surface area contributed by atoms with E-state index in [4.69, 9.17) is 9.84 Å². The lowest BCUT2D eigenvalue weighted by atomic mass is 9.97. The minimum Gasteiger partial charge on any atom is -0.497 e. The number of hydrogen-bond acceptors (Lipinski definition) is 5. The van der Waals surface area contributed by atoms with Crippen LogP contribution in [0.25, 0.3) is 0 Å². The first-order chi connectivity index (χ1) is 12.9. The number of carboxylic acids is 1. The molecule has 144 valence electrons. The Morgan fingerprint density at radius 1 is 1.04 bits per heavy atom. The van der Waals surface area contributed by atoms with E-state index in [9.17, 15) is 13.2 Å². The van der Waals surface area contributed by atoms with Gasteiger partial charge < -0.3 is 9.84 Å². The van der Waals surface area contributed by atoms with Crippen molar-refractivity contribution < 1.29 is 23.1 Å². The number of rotatable bonds is 6. The highest BCUT2D eigenvalue weighted by Crippen LogP contribution is 2.24. The van der Waals surface area contributed by atoms with Gasteiger partial charge in [0.1, 0.15) is 5.75 Å². The molecular weight excluding hydrogens is 366 g/mol. The maximum atomic E-state index is 12.7. The van der Waals surface area contributed by atoms with Gasteiger partial charge in [0.15, 0.2) is 0 Å². The molecule has 27 heavy (non-hydrogen) atoms. The van der Waals surface area contributed by atoms with Crippen LogP contribution in [-0.4, -0.2) is 44.6 Å². The quantitative estimate of drug-likeness (QED) is 0.818. The van der Waals surface area contributed by atoms with Crippen LogP contribution >= 0.6 is 0 Å². The Morgan fingerprint density at radius 2 is 1.56 bits per heavy atom. The van der Waals surface area contributed by atoms with Crippen molar-refractivity contribution in [2.75, 3.05) is 20.2 Å². The smallest absolute Gasteiger partial charge is 0.306 e. The number of likely N-dealkylation sites (tertiary alicyclic amines) is 1. The number of piperidine rings is 1. The monoisotopic (exact) mass is 389 g/mol. The van der Waals surface area contributed by atoms with Crippen molar-refractivity contribution in [3.05, 3.63) is 54.1 Å². The van der Waals surface area contributed by atoms with E-state index in [1.807, 2.05) is 12.1 Å². The fourth-order valence-corrected chi connectivity index (χ4v) is 4.52. The summed E-state index contributed by atoms with van der Waals surface area (Å²) in [4.78, 5) is 13.7. The molecule has 0 amide bonds. The van der Waals surface area contributed by atoms with Gasteiger partial charge in [0.05, 0.1) is 22.8 Å². The summed E-state index contributed by atoms with van der Waals surface area (Å²) < 4.78 is 30.5. The first-order valence-corrected chi connectivity index (χ1v) is 10.3. The molecule has 1 saturated heterocycles. The first kappa shape index (κ1) is 19.4. The van der Waals surface area contributed by atoms with Crippen LogP contribution < -0.4 is 4.74 Å². The zero-order valence-electron chi connectivity index (χ0n) is 15.2. The van der Waals surface area contributed by atoms with E-state index in [0.717, 1.165) is 18.7 Å². The zero-order valence-corrected chi connectivity index (χ0v) is 16.0. The van der Waals surface area contributed by atoms with Crippen molar-refractivity contribution in [3.8, 4) is 5.75 Å². The number of methoxy groups -OCH3 is 1. The number of carbonyl (C=O) groups is 1. The van der Waals surface area contributed by atoms with E-state index in [1.54, 1.807) is 24.3 Å². The van der Waals surface area contributed by atoms with E-state index < -0.39 is 15.8 Å². The number of nitrogens with zero attached hydrogens (tertiary/aromatic N) is 1. The summed E-state index contributed by atoms with van der Waals surface area (Å²) in [5.41, 5.74) is 1.01. The van der Waals surface area contributed by atoms with Gasteiger partial charge in [-0.2, -0.15) is 0 Å². The zero-order chi connectivity index (χ0) is 19.4. The number of ether oxygens (including phenoxy) is 1. The number of sulfone groups is 1. The van der Waals surface area contributed by atoms with Gasteiger partial charge in [-0.25, -0.2) is 8.42 Å². The summed E-state index contributed by atoms with van der Waals surface area (Å²) in [5, 5.41) is 9.06. The highest BCUT2D eigenvalue weighted by molar-refractivity contribution is 7.91. The molecule has 0 aliphatic carbocycles. The van der Waals surface area contributed by atoms with Crippen molar-refractivity contribution in [1.82, 2.24) is 4.90 Å². The van der Waals surface area contributed by atoms with Crippen LogP contribution in [0, 0.1) is 5.92 Å². The van der Waals surface area contributed by atoms with Crippen LogP contribution in [0.2, 0.25) is 0 Å². The second-order valence-electron chi connectivity index (χ2n) is 6.71. The molecule has 1 aliphatic heterocycles. The highest BCUT2D eigenvalue weighted by atomic mass is 32.2. The maximum absolute atomic E-state index is 12.7. The molecular formula is C20H23NO5S. The Bertz CT molecular complexity index is 883. The predicted octanol–water partition coefficient (Wildman–Crippen LogP) is 2.82. The van der Waals surface area contributed by atoms with E-state index in [0.29, 0.717) is 25.1 Å². The molecule has 1 heterocycles. The molecule has 1 N–H and O–H groups in total. The first-order valence-electron chi connectivity index (χ1n) is 8.83. The largest absolute Gasteiger partial charge is 0.497 e. The van der Waals surface area contributed by atoms with Gasteiger partial charge in [-0.15, -0.1) is 0 Å². The van der Waals surface area contributed by atoms with Gasteiger partial charge in [-0.3, -0.25) is 9.69 Å². The Balaban J connectivity index is 1.67. The van der Waals surface area contributed by atoms with Crippen molar-refractivity contribution in [2.24, 2.45) is 5.92 Å². The van der Waals surface area contributed by atoms with Crippen LogP contribution in [0.4, 0.5) is 0 Å².